The van der Waals surface area contributed by atoms with Crippen molar-refractivity contribution in [1.82, 2.24) is 0 Å². The second-order valence-electron chi connectivity index (χ2n) is 5.35. The van der Waals surface area contributed by atoms with Crippen molar-refractivity contribution in [3.05, 3.63) is 47.5 Å². The third-order valence-corrected chi connectivity index (χ3v) is 3.88. The summed E-state index contributed by atoms with van der Waals surface area (Å²) in [5.41, 5.74) is 0.0627. The molecule has 3 rings (SSSR count). The van der Waals surface area contributed by atoms with Gasteiger partial charge in [0.05, 0.1) is 14.2 Å². The summed E-state index contributed by atoms with van der Waals surface area (Å²) in [5, 5.41) is 30.6. The second-order valence-corrected chi connectivity index (χ2v) is 5.35. The fourth-order valence-electron chi connectivity index (χ4n) is 2.61. The van der Waals surface area contributed by atoms with E-state index in [1.165, 1.54) is 26.4 Å². The van der Waals surface area contributed by atoms with Crippen molar-refractivity contribution in [1.29, 1.82) is 0 Å². The summed E-state index contributed by atoms with van der Waals surface area (Å²) in [6.45, 7) is 0. The Morgan fingerprint density at radius 3 is 2.25 bits per heavy atom. The predicted octanol–water partition coefficient (Wildman–Crippen LogP) is 1.41. The standard InChI is InChI=1S/C17H16O7/c1-22-10-5-3-9(4-6-10)16-17(20,21)15(19)14-12(18)7-11(23-2)8-13(14)24-16/h3-8,16,18,20-21H,1-2H3. The van der Waals surface area contributed by atoms with Gasteiger partial charge in [0.15, 0.2) is 6.10 Å². The number of rotatable bonds is 3. The number of phenols is 1. The van der Waals surface area contributed by atoms with E-state index in [4.69, 9.17) is 14.2 Å². The van der Waals surface area contributed by atoms with E-state index in [1.54, 1.807) is 24.3 Å². The summed E-state index contributed by atoms with van der Waals surface area (Å²) in [7, 11) is 2.90. The molecule has 0 aromatic heterocycles. The number of ketones is 1. The van der Waals surface area contributed by atoms with Crippen molar-refractivity contribution in [2.45, 2.75) is 11.9 Å². The molecule has 1 aliphatic heterocycles. The second kappa shape index (κ2) is 5.70. The molecule has 0 radical (unpaired) electrons. The quantitative estimate of drug-likeness (QED) is 0.730. The Morgan fingerprint density at radius 1 is 1.04 bits per heavy atom. The first-order valence-corrected chi connectivity index (χ1v) is 7.09. The van der Waals surface area contributed by atoms with E-state index in [1.807, 2.05) is 0 Å². The lowest BCUT2D eigenvalue weighted by molar-refractivity contribution is -0.186. The lowest BCUT2D eigenvalue weighted by Gasteiger charge is -2.35. The average Bonchev–Trinajstić information content (AvgIpc) is 2.57. The van der Waals surface area contributed by atoms with E-state index in [0.29, 0.717) is 11.3 Å². The van der Waals surface area contributed by atoms with Gasteiger partial charge < -0.3 is 29.5 Å². The number of benzene rings is 2. The van der Waals surface area contributed by atoms with Crippen LogP contribution in [0.25, 0.3) is 0 Å². The summed E-state index contributed by atoms with van der Waals surface area (Å²) >= 11 is 0. The van der Waals surface area contributed by atoms with Crippen LogP contribution in [0.15, 0.2) is 36.4 Å². The third kappa shape index (κ3) is 2.44. The zero-order valence-electron chi connectivity index (χ0n) is 13.0. The molecule has 1 heterocycles. The molecule has 7 heteroatoms. The fourth-order valence-corrected chi connectivity index (χ4v) is 2.61. The maximum atomic E-state index is 12.5. The van der Waals surface area contributed by atoms with Crippen LogP contribution in [0, 0.1) is 0 Å². The van der Waals surface area contributed by atoms with Crippen LogP contribution in [0.3, 0.4) is 0 Å². The topological polar surface area (TPSA) is 105 Å². The summed E-state index contributed by atoms with van der Waals surface area (Å²) in [5.74, 6) is -3.47. The van der Waals surface area contributed by atoms with Crippen LogP contribution >= 0.6 is 0 Å². The minimum Gasteiger partial charge on any atom is -0.507 e. The molecular weight excluding hydrogens is 316 g/mol. The van der Waals surface area contributed by atoms with E-state index in [-0.39, 0.29) is 17.1 Å². The number of phenolic OH excluding ortho intramolecular Hbond substituents is 1. The Labute approximate surface area is 137 Å². The van der Waals surface area contributed by atoms with Gasteiger partial charge in [0, 0.05) is 12.1 Å². The Bertz CT molecular complexity index is 780. The smallest absolute Gasteiger partial charge is 0.271 e. The molecule has 126 valence electrons. The highest BCUT2D eigenvalue weighted by Gasteiger charge is 2.51. The first-order chi connectivity index (χ1) is 11.4. The van der Waals surface area contributed by atoms with Crippen molar-refractivity contribution in [2.24, 2.45) is 0 Å². The van der Waals surface area contributed by atoms with Crippen LogP contribution in [0.1, 0.15) is 22.0 Å². The number of fused-ring (bicyclic) bond motifs is 1. The molecule has 0 saturated carbocycles. The van der Waals surface area contributed by atoms with E-state index in [0.717, 1.165) is 0 Å². The molecule has 7 nitrogen and oxygen atoms in total. The Hall–Kier alpha value is -2.77. The molecule has 3 N–H and O–H groups in total. The number of Topliss-reactive ketones (excluding diaryl/α,β-unsaturated/α-hetero) is 1. The van der Waals surface area contributed by atoms with E-state index in [9.17, 15) is 20.1 Å². The van der Waals surface area contributed by atoms with Gasteiger partial charge in [-0.2, -0.15) is 0 Å². The minimum atomic E-state index is -2.83. The van der Waals surface area contributed by atoms with Crippen molar-refractivity contribution >= 4 is 5.78 Å². The van der Waals surface area contributed by atoms with Gasteiger partial charge in [-0.1, -0.05) is 12.1 Å². The van der Waals surface area contributed by atoms with Crippen LogP contribution < -0.4 is 14.2 Å². The molecule has 0 aliphatic carbocycles. The first-order valence-electron chi connectivity index (χ1n) is 7.09. The van der Waals surface area contributed by atoms with E-state index >= 15 is 0 Å². The lowest BCUT2D eigenvalue weighted by Crippen LogP contribution is -2.49. The molecule has 0 amide bonds. The van der Waals surface area contributed by atoms with E-state index < -0.39 is 23.4 Å². The number of hydrogen-bond donors (Lipinski definition) is 3. The minimum absolute atomic E-state index is 0.0105. The molecule has 0 spiro atoms. The van der Waals surface area contributed by atoms with Crippen LogP contribution in [-0.4, -0.2) is 41.1 Å². The number of carbonyl (C=O) groups is 1. The maximum Gasteiger partial charge on any atom is 0.271 e. The van der Waals surface area contributed by atoms with Crippen molar-refractivity contribution in [3.8, 4) is 23.0 Å². The van der Waals surface area contributed by atoms with Gasteiger partial charge in [-0.15, -0.1) is 0 Å². The van der Waals surface area contributed by atoms with Crippen molar-refractivity contribution in [2.75, 3.05) is 14.2 Å². The highest BCUT2D eigenvalue weighted by atomic mass is 16.6. The Morgan fingerprint density at radius 2 is 1.67 bits per heavy atom. The summed E-state index contributed by atoms with van der Waals surface area (Å²) in [4.78, 5) is 12.5. The van der Waals surface area contributed by atoms with Gasteiger partial charge in [-0.05, 0) is 17.7 Å². The van der Waals surface area contributed by atoms with E-state index in [2.05, 4.69) is 0 Å². The van der Waals surface area contributed by atoms with Gasteiger partial charge >= 0.3 is 0 Å². The first kappa shape index (κ1) is 16.1. The molecule has 0 fully saturated rings. The van der Waals surface area contributed by atoms with Gasteiger partial charge in [0.1, 0.15) is 28.6 Å². The normalized spacial score (nSPS) is 18.5. The number of hydrogen-bond acceptors (Lipinski definition) is 7. The number of carbonyl (C=O) groups excluding carboxylic acids is 1. The molecule has 2 aromatic carbocycles. The Kier molecular flexibility index (Phi) is 3.82. The van der Waals surface area contributed by atoms with Gasteiger partial charge in [-0.3, -0.25) is 4.79 Å². The van der Waals surface area contributed by atoms with Crippen LogP contribution in [0.4, 0.5) is 0 Å². The summed E-state index contributed by atoms with van der Waals surface area (Å²) in [6, 6.07) is 8.93. The number of aliphatic hydroxyl groups is 2. The number of ether oxygens (including phenoxy) is 3. The van der Waals surface area contributed by atoms with Crippen LogP contribution in [-0.2, 0) is 0 Å². The zero-order chi connectivity index (χ0) is 17.5. The molecular formula is C17H16O7. The van der Waals surface area contributed by atoms with Crippen LogP contribution in [0.2, 0.25) is 0 Å². The van der Waals surface area contributed by atoms with Gasteiger partial charge in [-0.25, -0.2) is 0 Å². The predicted molar refractivity (Wildman–Crippen MR) is 82.5 cm³/mol. The van der Waals surface area contributed by atoms with Crippen LogP contribution in [0.5, 0.6) is 23.0 Å². The molecule has 0 bridgehead atoms. The number of aromatic hydroxyl groups is 1. The van der Waals surface area contributed by atoms with Crippen molar-refractivity contribution in [3.63, 3.8) is 0 Å². The third-order valence-electron chi connectivity index (χ3n) is 3.88. The monoisotopic (exact) mass is 332 g/mol. The molecule has 1 aliphatic rings. The van der Waals surface area contributed by atoms with Gasteiger partial charge in [0.2, 0.25) is 5.78 Å². The molecule has 0 saturated heterocycles. The Balaban J connectivity index is 2.09. The summed E-state index contributed by atoms with van der Waals surface area (Å²) in [6.07, 6.45) is -1.37. The SMILES string of the molecule is COc1ccc(C2Oc3cc(OC)cc(O)c3C(=O)C2(O)O)cc1. The highest BCUT2D eigenvalue weighted by Crippen LogP contribution is 2.45. The number of methoxy groups -OCH3 is 2. The molecule has 1 unspecified atom stereocenters. The maximum absolute atomic E-state index is 12.5. The fraction of sp³-hybridized carbons (Fsp3) is 0.235. The van der Waals surface area contributed by atoms with Crippen molar-refractivity contribution < 1.29 is 34.3 Å². The van der Waals surface area contributed by atoms with Gasteiger partial charge in [0.25, 0.3) is 5.79 Å². The zero-order valence-corrected chi connectivity index (χ0v) is 13.0. The lowest BCUT2D eigenvalue weighted by atomic mass is 9.89. The molecule has 24 heavy (non-hydrogen) atoms. The summed E-state index contributed by atoms with van der Waals surface area (Å²) < 4.78 is 15.7. The molecule has 1 atom stereocenters. The highest BCUT2D eigenvalue weighted by molar-refractivity contribution is 6.07. The molecule has 2 aromatic rings. The largest absolute Gasteiger partial charge is 0.507 e. The average molecular weight is 332 g/mol.